The van der Waals surface area contributed by atoms with Crippen LogP contribution in [0.15, 0.2) is 27.6 Å². The van der Waals surface area contributed by atoms with Gasteiger partial charge in [-0.05, 0) is 47.0 Å². The molecule has 8 heteroatoms. The molecule has 0 spiro atoms. The summed E-state index contributed by atoms with van der Waals surface area (Å²) in [6.07, 6.45) is 0.758. The maximum atomic E-state index is 12.4. The van der Waals surface area contributed by atoms with E-state index in [1.54, 1.807) is 12.1 Å². The van der Waals surface area contributed by atoms with Gasteiger partial charge in [0.05, 0.1) is 12.3 Å². The number of anilines is 1. The molecule has 0 aliphatic rings. The van der Waals surface area contributed by atoms with E-state index in [1.165, 1.54) is 17.4 Å². The van der Waals surface area contributed by atoms with Crippen molar-refractivity contribution in [1.29, 1.82) is 0 Å². The molecule has 0 atom stereocenters. The molecule has 21 heavy (non-hydrogen) atoms. The summed E-state index contributed by atoms with van der Waals surface area (Å²) in [7, 11) is -3.75. The lowest BCUT2D eigenvalue weighted by Gasteiger charge is -2.08. The number of rotatable bonds is 5. The van der Waals surface area contributed by atoms with Crippen molar-refractivity contribution in [3.63, 3.8) is 0 Å². The van der Waals surface area contributed by atoms with E-state index in [-0.39, 0.29) is 11.5 Å². The Balaban J connectivity index is 2.37. The molecule has 5 nitrogen and oxygen atoms in total. The van der Waals surface area contributed by atoms with E-state index in [1.807, 2.05) is 13.8 Å². The van der Waals surface area contributed by atoms with Crippen molar-refractivity contribution in [3.05, 3.63) is 38.8 Å². The van der Waals surface area contributed by atoms with Crippen LogP contribution in [0.3, 0.4) is 0 Å². The molecule has 0 fully saturated rings. The number of nitrogens with zero attached hydrogens (tertiary/aromatic N) is 1. The fourth-order valence-corrected chi connectivity index (χ4v) is 4.97. The summed E-state index contributed by atoms with van der Waals surface area (Å²) in [6.45, 7) is 3.67. The summed E-state index contributed by atoms with van der Waals surface area (Å²) in [6, 6.07) is 4.70. The van der Waals surface area contributed by atoms with Gasteiger partial charge in [0.25, 0.3) is 10.0 Å². The van der Waals surface area contributed by atoms with E-state index >= 15 is 0 Å². The zero-order chi connectivity index (χ0) is 15.6. The van der Waals surface area contributed by atoms with Gasteiger partial charge in [-0.25, -0.2) is 13.4 Å². The van der Waals surface area contributed by atoms with Crippen molar-refractivity contribution in [3.8, 4) is 0 Å². The van der Waals surface area contributed by atoms with Crippen molar-refractivity contribution in [2.45, 2.75) is 31.8 Å². The monoisotopic (exact) mass is 390 g/mol. The third-order valence-corrected chi connectivity index (χ3v) is 6.31. The molecule has 0 aliphatic carbocycles. The number of halogens is 1. The van der Waals surface area contributed by atoms with Gasteiger partial charge in [-0.2, -0.15) is 0 Å². The lowest BCUT2D eigenvalue weighted by Crippen LogP contribution is -2.14. The molecule has 1 heterocycles. The van der Waals surface area contributed by atoms with Crippen molar-refractivity contribution >= 4 is 42.4 Å². The number of nitrogens with one attached hydrogen (secondary N) is 1. The predicted octanol–water partition coefficient (Wildman–Crippen LogP) is 3.07. The quantitative estimate of drug-likeness (QED) is 0.821. The molecule has 1 aromatic carbocycles. The first-order valence-corrected chi connectivity index (χ1v) is 9.35. The summed E-state index contributed by atoms with van der Waals surface area (Å²) in [5, 5.41) is 9.49. The van der Waals surface area contributed by atoms with Crippen LogP contribution >= 0.6 is 27.3 Å². The average molecular weight is 391 g/mol. The van der Waals surface area contributed by atoms with Crippen LogP contribution in [-0.4, -0.2) is 18.5 Å². The Morgan fingerprint density at radius 2 is 2.14 bits per heavy atom. The molecule has 2 aromatic rings. The second kappa shape index (κ2) is 6.43. The summed E-state index contributed by atoms with van der Waals surface area (Å²) >= 11 is 4.53. The minimum absolute atomic E-state index is 0.0833. The second-order valence-electron chi connectivity index (χ2n) is 4.40. The lowest BCUT2D eigenvalue weighted by atomic mass is 10.2. The number of aromatic nitrogens is 1. The third-order valence-electron chi connectivity index (χ3n) is 2.92. The molecule has 1 aromatic heterocycles. The van der Waals surface area contributed by atoms with Gasteiger partial charge in [-0.3, -0.25) is 4.72 Å². The fraction of sp³-hybridized carbons (Fsp3) is 0.308. The molecule has 0 radical (unpaired) electrons. The molecule has 0 aliphatic heterocycles. The summed E-state index contributed by atoms with van der Waals surface area (Å²) in [5.41, 5.74) is 1.42. The van der Waals surface area contributed by atoms with Crippen LogP contribution in [0.2, 0.25) is 0 Å². The molecule has 0 saturated heterocycles. The highest BCUT2D eigenvalue weighted by atomic mass is 79.9. The van der Waals surface area contributed by atoms with E-state index in [4.69, 9.17) is 5.11 Å². The number of aliphatic hydroxyl groups is 1. The second-order valence-corrected chi connectivity index (χ2v) is 8.11. The van der Waals surface area contributed by atoms with E-state index in [9.17, 15) is 8.42 Å². The summed E-state index contributed by atoms with van der Waals surface area (Å²) in [5.74, 6) is 0. The molecule has 0 unspecified atom stereocenters. The van der Waals surface area contributed by atoms with Crippen LogP contribution < -0.4 is 4.72 Å². The molecule has 114 valence electrons. The van der Waals surface area contributed by atoms with E-state index in [0.717, 1.165) is 17.0 Å². The van der Waals surface area contributed by atoms with E-state index in [2.05, 4.69) is 25.6 Å². The molecule has 2 rings (SSSR count). The number of sulfonamides is 1. The van der Waals surface area contributed by atoms with Gasteiger partial charge in [0.1, 0.15) is 4.90 Å². The number of aliphatic hydroxyl groups excluding tert-OH is 1. The number of hydrogen-bond donors (Lipinski definition) is 2. The molecular weight excluding hydrogens is 376 g/mol. The Kier molecular flexibility index (Phi) is 5.03. The smallest absolute Gasteiger partial charge is 0.264 e. The van der Waals surface area contributed by atoms with Crippen LogP contribution in [0.25, 0.3) is 0 Å². The van der Waals surface area contributed by atoms with Gasteiger partial charge in [-0.1, -0.05) is 13.0 Å². The Morgan fingerprint density at radius 3 is 2.71 bits per heavy atom. The first-order valence-electron chi connectivity index (χ1n) is 6.25. The zero-order valence-electron chi connectivity index (χ0n) is 11.6. The lowest BCUT2D eigenvalue weighted by molar-refractivity contribution is 0.281. The highest BCUT2D eigenvalue weighted by Gasteiger charge is 2.20. The minimum atomic E-state index is -3.75. The molecular formula is C13H15BrN2O3S2. The SMILES string of the molecule is CCc1nc(NS(=O)(=O)c2cc(CO)ccc2Br)sc1C. The molecule has 2 N–H and O–H groups in total. The van der Waals surface area contributed by atoms with Crippen molar-refractivity contribution < 1.29 is 13.5 Å². The average Bonchev–Trinajstić information content (AvgIpc) is 2.78. The fourth-order valence-electron chi connectivity index (χ4n) is 1.82. The number of benzene rings is 1. The molecule has 0 bridgehead atoms. The van der Waals surface area contributed by atoms with Crippen LogP contribution in [0.4, 0.5) is 5.13 Å². The highest BCUT2D eigenvalue weighted by molar-refractivity contribution is 9.10. The predicted molar refractivity (Wildman–Crippen MR) is 87.1 cm³/mol. The van der Waals surface area contributed by atoms with Crippen LogP contribution in [0.5, 0.6) is 0 Å². The van der Waals surface area contributed by atoms with Crippen LogP contribution in [0, 0.1) is 6.92 Å². The number of hydrogen-bond acceptors (Lipinski definition) is 5. The van der Waals surface area contributed by atoms with E-state index in [0.29, 0.717) is 15.2 Å². The van der Waals surface area contributed by atoms with Crippen LogP contribution in [0.1, 0.15) is 23.1 Å². The third kappa shape index (κ3) is 3.63. The standard InChI is InChI=1S/C13H15BrN2O3S2/c1-3-11-8(2)20-13(15-11)16-21(18,19)12-6-9(7-17)4-5-10(12)14/h4-6,17H,3,7H2,1-2H3,(H,15,16). The van der Waals surface area contributed by atoms with Crippen molar-refractivity contribution in [1.82, 2.24) is 4.98 Å². The first kappa shape index (κ1) is 16.4. The Labute approximate surface area is 136 Å². The Morgan fingerprint density at radius 1 is 1.43 bits per heavy atom. The Hall–Kier alpha value is -0.960. The van der Waals surface area contributed by atoms with Gasteiger partial charge < -0.3 is 5.11 Å². The Bertz CT molecular complexity index is 757. The topological polar surface area (TPSA) is 79.3 Å². The molecule has 0 amide bonds. The van der Waals surface area contributed by atoms with Gasteiger partial charge in [0, 0.05) is 9.35 Å². The molecule has 0 saturated carbocycles. The van der Waals surface area contributed by atoms with Crippen molar-refractivity contribution in [2.24, 2.45) is 0 Å². The van der Waals surface area contributed by atoms with Crippen molar-refractivity contribution in [2.75, 3.05) is 4.72 Å². The van der Waals surface area contributed by atoms with Gasteiger partial charge in [0.2, 0.25) is 0 Å². The summed E-state index contributed by atoms with van der Waals surface area (Å²) < 4.78 is 27.8. The summed E-state index contributed by atoms with van der Waals surface area (Å²) in [4.78, 5) is 5.36. The number of aryl methyl sites for hydroxylation is 2. The van der Waals surface area contributed by atoms with Crippen LogP contribution in [-0.2, 0) is 23.1 Å². The maximum Gasteiger partial charge on any atom is 0.264 e. The minimum Gasteiger partial charge on any atom is -0.392 e. The normalized spacial score (nSPS) is 11.6. The largest absolute Gasteiger partial charge is 0.392 e. The van der Waals surface area contributed by atoms with Gasteiger partial charge in [0.15, 0.2) is 5.13 Å². The first-order chi connectivity index (χ1) is 9.87. The van der Waals surface area contributed by atoms with Gasteiger partial charge in [-0.15, -0.1) is 11.3 Å². The highest BCUT2D eigenvalue weighted by Crippen LogP contribution is 2.28. The zero-order valence-corrected chi connectivity index (χ0v) is 14.8. The maximum absolute atomic E-state index is 12.4. The van der Waals surface area contributed by atoms with Gasteiger partial charge >= 0.3 is 0 Å². The number of thiazole rings is 1. The van der Waals surface area contributed by atoms with E-state index < -0.39 is 10.0 Å².